The fourth-order valence-electron chi connectivity index (χ4n) is 2.59. The number of rotatable bonds is 8. The molecule has 0 radical (unpaired) electrons. The molecule has 0 bridgehead atoms. The van der Waals surface area contributed by atoms with E-state index in [1.807, 2.05) is 24.3 Å². The Hall–Kier alpha value is -1.06. The van der Waals surface area contributed by atoms with Crippen LogP contribution < -0.4 is 10.5 Å². The Kier molecular flexibility index (Phi) is 10.8. The average Bonchev–Trinajstić information content (AvgIpc) is 2.65. The van der Waals surface area contributed by atoms with Gasteiger partial charge in [0.05, 0.1) is 19.8 Å². The van der Waals surface area contributed by atoms with E-state index < -0.39 is 0 Å². The van der Waals surface area contributed by atoms with Gasteiger partial charge in [-0.2, -0.15) is 0 Å². The average molecular weight is 462 g/mol. The fraction of sp³-hybridized carbons (Fsp3) is 0.611. The van der Waals surface area contributed by atoms with Crippen LogP contribution in [0.25, 0.3) is 0 Å². The summed E-state index contributed by atoms with van der Waals surface area (Å²) in [5.41, 5.74) is 7.16. The van der Waals surface area contributed by atoms with Gasteiger partial charge in [-0.15, -0.1) is 24.0 Å². The van der Waals surface area contributed by atoms with Gasteiger partial charge >= 0.3 is 0 Å². The number of benzene rings is 1. The molecule has 0 aliphatic carbocycles. The maximum absolute atomic E-state index is 6.04. The van der Waals surface area contributed by atoms with E-state index in [0.717, 1.165) is 57.3 Å². The number of nitrogens with two attached hydrogens (primary N) is 1. The second kappa shape index (κ2) is 12.3. The van der Waals surface area contributed by atoms with Crippen LogP contribution in [0.4, 0.5) is 0 Å². The summed E-state index contributed by atoms with van der Waals surface area (Å²) in [6, 6.07) is 8.09. The molecule has 1 fully saturated rings. The van der Waals surface area contributed by atoms with Gasteiger partial charge in [0.15, 0.2) is 5.96 Å². The lowest BCUT2D eigenvalue weighted by molar-refractivity contribution is 0.0674. The summed E-state index contributed by atoms with van der Waals surface area (Å²) in [5.74, 6) is 1.49. The lowest BCUT2D eigenvalue weighted by atomic mass is 10.2. The SMILES string of the molecule is CCN(CC)CCOc1ccc(CN=C(N)N2CCOCC2)cc1.I. The molecule has 1 aromatic rings. The zero-order valence-electron chi connectivity index (χ0n) is 15.3. The summed E-state index contributed by atoms with van der Waals surface area (Å²) >= 11 is 0. The maximum atomic E-state index is 6.04. The molecule has 1 heterocycles. The van der Waals surface area contributed by atoms with Crippen molar-refractivity contribution >= 4 is 29.9 Å². The van der Waals surface area contributed by atoms with Crippen LogP contribution in [-0.4, -0.2) is 68.3 Å². The van der Waals surface area contributed by atoms with Crippen molar-refractivity contribution in [1.29, 1.82) is 0 Å². The monoisotopic (exact) mass is 462 g/mol. The van der Waals surface area contributed by atoms with Gasteiger partial charge in [-0.1, -0.05) is 26.0 Å². The molecule has 2 rings (SSSR count). The first-order valence-corrected chi connectivity index (χ1v) is 8.79. The third-order valence-electron chi connectivity index (χ3n) is 4.25. The second-order valence-corrected chi connectivity index (χ2v) is 5.79. The number of morpholine rings is 1. The molecule has 0 saturated carbocycles. The molecule has 1 aliphatic heterocycles. The number of guanidine groups is 1. The highest BCUT2D eigenvalue weighted by molar-refractivity contribution is 14.0. The molecule has 0 unspecified atom stereocenters. The largest absolute Gasteiger partial charge is 0.492 e. The molecule has 0 atom stereocenters. The lowest BCUT2D eigenvalue weighted by Crippen LogP contribution is -2.44. The fourth-order valence-corrected chi connectivity index (χ4v) is 2.59. The van der Waals surface area contributed by atoms with Crippen molar-refractivity contribution in [3.63, 3.8) is 0 Å². The zero-order chi connectivity index (χ0) is 17.2. The lowest BCUT2D eigenvalue weighted by Gasteiger charge is -2.27. The minimum Gasteiger partial charge on any atom is -0.492 e. The third kappa shape index (κ3) is 7.79. The molecule has 0 amide bonds. The summed E-state index contributed by atoms with van der Waals surface area (Å²) in [6.45, 7) is 11.8. The number of aliphatic imine (C=N–C) groups is 1. The minimum atomic E-state index is 0. The van der Waals surface area contributed by atoms with Crippen LogP contribution in [0.1, 0.15) is 19.4 Å². The van der Waals surface area contributed by atoms with Gasteiger partial charge in [0.25, 0.3) is 0 Å². The van der Waals surface area contributed by atoms with Gasteiger partial charge in [0.1, 0.15) is 12.4 Å². The molecule has 0 spiro atoms. The molecule has 1 saturated heterocycles. The molecule has 0 aromatic heterocycles. The van der Waals surface area contributed by atoms with E-state index in [0.29, 0.717) is 19.1 Å². The molecule has 2 N–H and O–H groups in total. The molecular weight excluding hydrogens is 431 g/mol. The van der Waals surface area contributed by atoms with E-state index in [4.69, 9.17) is 15.2 Å². The summed E-state index contributed by atoms with van der Waals surface area (Å²) in [7, 11) is 0. The summed E-state index contributed by atoms with van der Waals surface area (Å²) in [5, 5.41) is 0. The van der Waals surface area contributed by atoms with Crippen molar-refractivity contribution in [1.82, 2.24) is 9.80 Å². The van der Waals surface area contributed by atoms with Gasteiger partial charge in [0, 0.05) is 19.6 Å². The predicted molar refractivity (Wildman–Crippen MR) is 113 cm³/mol. The van der Waals surface area contributed by atoms with Crippen molar-refractivity contribution < 1.29 is 9.47 Å². The summed E-state index contributed by atoms with van der Waals surface area (Å²) in [6.07, 6.45) is 0. The highest BCUT2D eigenvalue weighted by Crippen LogP contribution is 2.13. The molecular formula is C18H31IN4O2. The van der Waals surface area contributed by atoms with Crippen LogP contribution in [0, 0.1) is 0 Å². The van der Waals surface area contributed by atoms with Crippen LogP contribution in [0.3, 0.4) is 0 Å². The minimum absolute atomic E-state index is 0. The Bertz CT molecular complexity index is 500. The maximum Gasteiger partial charge on any atom is 0.191 e. The molecule has 1 aromatic carbocycles. The number of nitrogens with zero attached hydrogens (tertiary/aromatic N) is 3. The van der Waals surface area contributed by atoms with Gasteiger partial charge < -0.3 is 25.0 Å². The van der Waals surface area contributed by atoms with E-state index in [1.165, 1.54) is 0 Å². The second-order valence-electron chi connectivity index (χ2n) is 5.79. The van der Waals surface area contributed by atoms with E-state index in [1.54, 1.807) is 0 Å². The van der Waals surface area contributed by atoms with Crippen molar-refractivity contribution in [3.8, 4) is 5.75 Å². The molecule has 7 heteroatoms. The van der Waals surface area contributed by atoms with Gasteiger partial charge in [-0.3, -0.25) is 0 Å². The Morgan fingerprint density at radius 3 is 2.44 bits per heavy atom. The molecule has 142 valence electrons. The third-order valence-corrected chi connectivity index (χ3v) is 4.25. The highest BCUT2D eigenvalue weighted by Gasteiger charge is 2.11. The number of hydrogen-bond donors (Lipinski definition) is 1. The van der Waals surface area contributed by atoms with Crippen LogP contribution in [0.2, 0.25) is 0 Å². The van der Waals surface area contributed by atoms with E-state index in [-0.39, 0.29) is 24.0 Å². The topological polar surface area (TPSA) is 63.3 Å². The Morgan fingerprint density at radius 1 is 1.20 bits per heavy atom. The Morgan fingerprint density at radius 2 is 1.84 bits per heavy atom. The zero-order valence-corrected chi connectivity index (χ0v) is 17.6. The highest BCUT2D eigenvalue weighted by atomic mass is 127. The van der Waals surface area contributed by atoms with Gasteiger partial charge in [-0.05, 0) is 30.8 Å². The van der Waals surface area contributed by atoms with Crippen LogP contribution in [-0.2, 0) is 11.3 Å². The first kappa shape index (κ1) is 22.0. The number of hydrogen-bond acceptors (Lipinski definition) is 4. The summed E-state index contributed by atoms with van der Waals surface area (Å²) < 4.78 is 11.1. The smallest absolute Gasteiger partial charge is 0.191 e. The van der Waals surface area contributed by atoms with Gasteiger partial charge in [0.2, 0.25) is 0 Å². The van der Waals surface area contributed by atoms with Crippen LogP contribution in [0.5, 0.6) is 5.75 Å². The van der Waals surface area contributed by atoms with Gasteiger partial charge in [-0.25, -0.2) is 4.99 Å². The van der Waals surface area contributed by atoms with Crippen molar-refractivity contribution in [2.24, 2.45) is 10.7 Å². The first-order valence-electron chi connectivity index (χ1n) is 8.79. The first-order chi connectivity index (χ1) is 11.7. The number of likely N-dealkylation sites (N-methyl/N-ethyl adjacent to an activating group) is 1. The van der Waals surface area contributed by atoms with Crippen LogP contribution in [0.15, 0.2) is 29.3 Å². The number of halogens is 1. The van der Waals surface area contributed by atoms with Crippen molar-refractivity contribution in [2.45, 2.75) is 20.4 Å². The van der Waals surface area contributed by atoms with Crippen molar-refractivity contribution in [2.75, 3.05) is 52.5 Å². The Labute approximate surface area is 168 Å². The standard InChI is InChI=1S/C18H30N4O2.HI/c1-3-21(4-2)9-14-24-17-7-5-16(6-8-17)15-20-18(19)22-10-12-23-13-11-22;/h5-8H,3-4,9-15H2,1-2H3,(H2,19,20);1H. The molecule has 25 heavy (non-hydrogen) atoms. The molecule has 1 aliphatic rings. The normalized spacial score (nSPS) is 15.2. The van der Waals surface area contributed by atoms with Crippen molar-refractivity contribution in [3.05, 3.63) is 29.8 Å². The van der Waals surface area contributed by atoms with E-state index in [2.05, 4.69) is 28.6 Å². The van der Waals surface area contributed by atoms with E-state index in [9.17, 15) is 0 Å². The summed E-state index contributed by atoms with van der Waals surface area (Å²) in [4.78, 5) is 8.88. The number of ether oxygens (including phenoxy) is 2. The Balaban J connectivity index is 0.00000312. The quantitative estimate of drug-likeness (QED) is 0.365. The van der Waals surface area contributed by atoms with Crippen LogP contribution >= 0.6 is 24.0 Å². The molecule has 6 nitrogen and oxygen atoms in total. The van der Waals surface area contributed by atoms with E-state index >= 15 is 0 Å². The predicted octanol–water partition coefficient (Wildman–Crippen LogP) is 2.17.